The summed E-state index contributed by atoms with van der Waals surface area (Å²) in [5, 5.41) is 11.1. The average molecular weight is 303 g/mol. The average Bonchev–Trinajstić information content (AvgIpc) is 3.14. The van der Waals surface area contributed by atoms with Crippen molar-refractivity contribution in [1.82, 2.24) is 15.5 Å². The van der Waals surface area contributed by atoms with Gasteiger partial charge in [-0.05, 0) is 31.9 Å². The van der Waals surface area contributed by atoms with Crippen molar-refractivity contribution in [3.63, 3.8) is 0 Å². The Morgan fingerprint density at radius 2 is 2.45 bits per heavy atom. The second-order valence-electron chi connectivity index (χ2n) is 5.65. The predicted molar refractivity (Wildman–Crippen MR) is 82.5 cm³/mol. The molecule has 1 aliphatic rings. The molecular formula is C16H21N3O3. The van der Waals surface area contributed by atoms with Crippen LogP contribution in [0.1, 0.15) is 24.1 Å². The second kappa shape index (κ2) is 6.89. The minimum Gasteiger partial charge on any atom is -0.376 e. The highest BCUT2D eigenvalue weighted by Crippen LogP contribution is 2.17. The molecule has 0 unspecified atom stereocenters. The van der Waals surface area contributed by atoms with Gasteiger partial charge in [-0.25, -0.2) is 0 Å². The first-order chi connectivity index (χ1) is 10.7. The van der Waals surface area contributed by atoms with Gasteiger partial charge in [0.25, 0.3) is 0 Å². The summed E-state index contributed by atoms with van der Waals surface area (Å²) in [4.78, 5) is 11.8. The number of hydrogen-bond acceptors (Lipinski definition) is 4. The number of amides is 1. The van der Waals surface area contributed by atoms with E-state index in [1.54, 1.807) is 0 Å². The Morgan fingerprint density at radius 1 is 1.55 bits per heavy atom. The van der Waals surface area contributed by atoms with Crippen LogP contribution in [0.25, 0.3) is 10.9 Å². The van der Waals surface area contributed by atoms with Gasteiger partial charge in [0.1, 0.15) is 6.61 Å². The van der Waals surface area contributed by atoms with Gasteiger partial charge in [0.2, 0.25) is 5.91 Å². The van der Waals surface area contributed by atoms with Crippen molar-refractivity contribution in [1.29, 1.82) is 0 Å². The second-order valence-corrected chi connectivity index (χ2v) is 5.65. The first kappa shape index (κ1) is 15.0. The lowest BCUT2D eigenvalue weighted by molar-refractivity contribution is -0.127. The first-order valence-electron chi connectivity index (χ1n) is 7.62. The Kier molecular flexibility index (Phi) is 4.70. The molecule has 0 aliphatic carbocycles. The van der Waals surface area contributed by atoms with Crippen molar-refractivity contribution in [2.75, 3.05) is 19.8 Å². The Bertz CT molecular complexity index is 647. The highest BCUT2D eigenvalue weighted by Gasteiger charge is 2.16. The molecule has 1 aliphatic heterocycles. The number of H-pyrrole nitrogens is 1. The van der Waals surface area contributed by atoms with Crippen LogP contribution in [-0.4, -0.2) is 42.0 Å². The Morgan fingerprint density at radius 3 is 3.27 bits per heavy atom. The predicted octanol–water partition coefficient (Wildman–Crippen LogP) is 1.68. The van der Waals surface area contributed by atoms with Gasteiger partial charge >= 0.3 is 0 Å². The summed E-state index contributed by atoms with van der Waals surface area (Å²) in [6.45, 7) is 3.80. The topological polar surface area (TPSA) is 76.2 Å². The van der Waals surface area contributed by atoms with Crippen LogP contribution >= 0.6 is 0 Å². The third-order valence-electron chi connectivity index (χ3n) is 3.81. The molecule has 1 fully saturated rings. The van der Waals surface area contributed by atoms with Crippen LogP contribution in [0.3, 0.4) is 0 Å². The van der Waals surface area contributed by atoms with Crippen LogP contribution < -0.4 is 5.32 Å². The van der Waals surface area contributed by atoms with E-state index in [-0.39, 0.29) is 18.6 Å². The van der Waals surface area contributed by atoms with Crippen LogP contribution in [0.4, 0.5) is 0 Å². The number of nitrogens with zero attached hydrogens (tertiary/aromatic N) is 1. The minimum atomic E-state index is -0.131. The van der Waals surface area contributed by atoms with E-state index in [0.717, 1.165) is 36.0 Å². The van der Waals surface area contributed by atoms with Crippen LogP contribution in [-0.2, 0) is 20.8 Å². The Balaban J connectivity index is 1.46. The number of carbonyl (C=O) groups excluding carboxylic acids is 1. The first-order valence-corrected chi connectivity index (χ1v) is 7.62. The molecular weight excluding hydrogens is 282 g/mol. The fourth-order valence-corrected chi connectivity index (χ4v) is 2.61. The summed E-state index contributed by atoms with van der Waals surface area (Å²) in [6, 6.07) is 6.05. The number of aromatic amines is 1. The summed E-state index contributed by atoms with van der Waals surface area (Å²) < 4.78 is 10.8. The van der Waals surface area contributed by atoms with Crippen molar-refractivity contribution in [3.05, 3.63) is 29.5 Å². The fraction of sp³-hybridized carbons (Fsp3) is 0.500. The van der Waals surface area contributed by atoms with Gasteiger partial charge in [-0.2, -0.15) is 5.10 Å². The van der Waals surface area contributed by atoms with Gasteiger partial charge < -0.3 is 14.8 Å². The van der Waals surface area contributed by atoms with E-state index < -0.39 is 0 Å². The maximum absolute atomic E-state index is 11.8. The van der Waals surface area contributed by atoms with Crippen LogP contribution in [0, 0.1) is 6.92 Å². The van der Waals surface area contributed by atoms with Crippen LogP contribution in [0.15, 0.2) is 18.2 Å². The molecule has 3 rings (SSSR count). The monoisotopic (exact) mass is 303 g/mol. The van der Waals surface area contributed by atoms with E-state index in [4.69, 9.17) is 9.47 Å². The number of hydrogen-bond donors (Lipinski definition) is 2. The van der Waals surface area contributed by atoms with Gasteiger partial charge in [0, 0.05) is 12.0 Å². The van der Waals surface area contributed by atoms with E-state index >= 15 is 0 Å². The highest BCUT2D eigenvalue weighted by atomic mass is 16.5. The molecule has 0 spiro atoms. The van der Waals surface area contributed by atoms with Crippen molar-refractivity contribution in [2.45, 2.75) is 32.4 Å². The molecule has 118 valence electrons. The third-order valence-corrected chi connectivity index (χ3v) is 3.81. The lowest BCUT2D eigenvalue weighted by Gasteiger charge is -2.10. The van der Waals surface area contributed by atoms with E-state index in [0.29, 0.717) is 13.2 Å². The van der Waals surface area contributed by atoms with Crippen molar-refractivity contribution in [2.24, 2.45) is 0 Å². The fourth-order valence-electron chi connectivity index (χ4n) is 2.61. The summed E-state index contributed by atoms with van der Waals surface area (Å²) in [5.74, 6) is -0.131. The van der Waals surface area contributed by atoms with Gasteiger partial charge in [-0.3, -0.25) is 9.89 Å². The smallest absolute Gasteiger partial charge is 0.246 e. The normalized spacial score (nSPS) is 18.0. The van der Waals surface area contributed by atoms with Crippen molar-refractivity contribution >= 4 is 16.8 Å². The number of fused-ring (bicyclic) bond motifs is 1. The van der Waals surface area contributed by atoms with E-state index in [2.05, 4.69) is 21.6 Å². The summed E-state index contributed by atoms with van der Waals surface area (Å²) >= 11 is 0. The van der Waals surface area contributed by atoms with Gasteiger partial charge in [-0.15, -0.1) is 0 Å². The molecule has 2 aromatic rings. The molecule has 0 saturated carbocycles. The Labute approximate surface area is 129 Å². The van der Waals surface area contributed by atoms with Crippen LogP contribution in [0.5, 0.6) is 0 Å². The molecule has 1 aromatic heterocycles. The zero-order valence-electron chi connectivity index (χ0n) is 12.7. The maximum atomic E-state index is 11.8. The highest BCUT2D eigenvalue weighted by molar-refractivity contribution is 5.83. The van der Waals surface area contributed by atoms with E-state index in [1.807, 2.05) is 19.1 Å². The number of nitrogens with one attached hydrogen (secondary N) is 2. The number of aryl methyl sites for hydroxylation is 1. The van der Waals surface area contributed by atoms with Crippen molar-refractivity contribution in [3.8, 4) is 0 Å². The number of ether oxygens (including phenoxy) is 2. The maximum Gasteiger partial charge on any atom is 0.246 e. The minimum absolute atomic E-state index is 0.0605. The van der Waals surface area contributed by atoms with Crippen LogP contribution in [0.2, 0.25) is 0 Å². The Hall–Kier alpha value is -1.92. The van der Waals surface area contributed by atoms with Gasteiger partial charge in [0.15, 0.2) is 0 Å². The SMILES string of the molecule is Cc1ccc2n[nH]c(CNC(=O)COC[C@H]3CCCO3)c2c1. The molecule has 1 aromatic carbocycles. The molecule has 6 heteroatoms. The number of aromatic nitrogens is 2. The van der Waals surface area contributed by atoms with Gasteiger partial charge in [-0.1, -0.05) is 11.6 Å². The largest absolute Gasteiger partial charge is 0.376 e. The zero-order valence-corrected chi connectivity index (χ0v) is 12.7. The number of rotatable bonds is 6. The van der Waals surface area contributed by atoms with E-state index in [1.165, 1.54) is 5.56 Å². The zero-order chi connectivity index (χ0) is 15.4. The molecule has 2 N–H and O–H groups in total. The molecule has 1 atom stereocenters. The number of carbonyl (C=O) groups is 1. The quantitative estimate of drug-likeness (QED) is 0.851. The molecule has 2 heterocycles. The molecule has 1 amide bonds. The molecule has 22 heavy (non-hydrogen) atoms. The standard InChI is InChI=1S/C16H21N3O3/c1-11-4-5-14-13(7-11)15(19-18-14)8-17-16(20)10-21-9-12-3-2-6-22-12/h4-5,7,12H,2-3,6,8-10H2,1H3,(H,17,20)(H,18,19)/t12-/m1/s1. The summed E-state index contributed by atoms with van der Waals surface area (Å²) in [7, 11) is 0. The molecule has 1 saturated heterocycles. The third kappa shape index (κ3) is 3.64. The lowest BCUT2D eigenvalue weighted by atomic mass is 10.1. The van der Waals surface area contributed by atoms with Crippen molar-refractivity contribution < 1.29 is 14.3 Å². The molecule has 6 nitrogen and oxygen atoms in total. The molecule has 0 bridgehead atoms. The van der Waals surface area contributed by atoms with E-state index in [9.17, 15) is 4.79 Å². The number of benzene rings is 1. The summed E-state index contributed by atoms with van der Waals surface area (Å²) in [5.41, 5.74) is 2.98. The lowest BCUT2D eigenvalue weighted by Crippen LogP contribution is -2.29. The van der Waals surface area contributed by atoms with Gasteiger partial charge in [0.05, 0.1) is 30.5 Å². The molecule has 0 radical (unpaired) electrons. The summed E-state index contributed by atoms with van der Waals surface area (Å²) in [6.07, 6.45) is 2.24.